The minimum Gasteiger partial charge on any atom is -0.325 e. The van der Waals surface area contributed by atoms with Crippen LogP contribution in [0.15, 0.2) is 65.7 Å². The molecular formula is C20H17FN4O2S. The number of benzene rings is 2. The van der Waals surface area contributed by atoms with Gasteiger partial charge in [-0.15, -0.1) is 10.2 Å². The number of halogens is 1. The Hall–Kier alpha value is -3.26. The smallest absolute Gasteiger partial charge is 0.259 e. The number of carbonyl (C=O) groups is 2. The molecule has 2 N–H and O–H groups in total. The normalized spacial score (nSPS) is 10.4. The topological polar surface area (TPSA) is 84.0 Å². The Morgan fingerprint density at radius 1 is 0.964 bits per heavy atom. The van der Waals surface area contributed by atoms with E-state index in [4.69, 9.17) is 0 Å². The van der Waals surface area contributed by atoms with Gasteiger partial charge in [0.15, 0.2) is 5.82 Å². The first kappa shape index (κ1) is 19.5. The number of anilines is 2. The van der Waals surface area contributed by atoms with Gasteiger partial charge in [-0.3, -0.25) is 9.59 Å². The number of nitrogens with one attached hydrogen (secondary N) is 2. The van der Waals surface area contributed by atoms with Crippen molar-refractivity contribution in [3.63, 3.8) is 0 Å². The third kappa shape index (κ3) is 5.14. The predicted molar refractivity (Wildman–Crippen MR) is 107 cm³/mol. The number of para-hydroxylation sites is 1. The standard InChI is InChI=1S/C20H17FN4O2S/c1-13-6-2-5-9-16(13)22-18(26)12-28-19-11-10-17(24-25-19)23-20(27)14-7-3-4-8-15(14)21/h2-11H,12H2,1H3,(H,22,26)(H,23,24,27). The van der Waals surface area contributed by atoms with E-state index in [1.807, 2.05) is 31.2 Å². The minimum atomic E-state index is -0.611. The Morgan fingerprint density at radius 3 is 2.43 bits per heavy atom. The molecule has 0 atom stereocenters. The number of aromatic nitrogens is 2. The lowest BCUT2D eigenvalue weighted by molar-refractivity contribution is -0.113. The predicted octanol–water partition coefficient (Wildman–Crippen LogP) is 3.91. The first-order chi connectivity index (χ1) is 13.5. The number of thioether (sulfide) groups is 1. The van der Waals surface area contributed by atoms with Gasteiger partial charge in [0, 0.05) is 5.69 Å². The largest absolute Gasteiger partial charge is 0.325 e. The van der Waals surface area contributed by atoms with Gasteiger partial charge in [-0.2, -0.15) is 0 Å². The summed E-state index contributed by atoms with van der Waals surface area (Å²) in [5.74, 6) is -1.01. The third-order valence-corrected chi connectivity index (χ3v) is 4.69. The van der Waals surface area contributed by atoms with E-state index in [1.165, 1.54) is 30.0 Å². The molecule has 0 radical (unpaired) electrons. The van der Waals surface area contributed by atoms with Gasteiger partial charge in [0.2, 0.25) is 5.91 Å². The zero-order chi connectivity index (χ0) is 19.9. The number of nitrogens with zero attached hydrogens (tertiary/aromatic N) is 2. The van der Waals surface area contributed by atoms with Crippen molar-refractivity contribution in [3.8, 4) is 0 Å². The summed E-state index contributed by atoms with van der Waals surface area (Å²) in [6, 6.07) is 16.4. The Bertz CT molecular complexity index is 996. The highest BCUT2D eigenvalue weighted by Gasteiger charge is 2.12. The quantitative estimate of drug-likeness (QED) is 0.617. The van der Waals surface area contributed by atoms with Crippen molar-refractivity contribution < 1.29 is 14.0 Å². The van der Waals surface area contributed by atoms with Crippen LogP contribution in [0.5, 0.6) is 0 Å². The average Bonchev–Trinajstić information content (AvgIpc) is 2.69. The fraction of sp³-hybridized carbons (Fsp3) is 0.100. The molecule has 1 aromatic heterocycles. The van der Waals surface area contributed by atoms with Crippen LogP contribution in [-0.4, -0.2) is 27.8 Å². The molecule has 0 fully saturated rings. The molecule has 0 aliphatic rings. The molecule has 3 rings (SSSR count). The molecule has 0 spiro atoms. The lowest BCUT2D eigenvalue weighted by Crippen LogP contribution is -2.15. The lowest BCUT2D eigenvalue weighted by atomic mass is 10.2. The molecule has 8 heteroatoms. The van der Waals surface area contributed by atoms with Crippen molar-refractivity contribution >= 4 is 35.1 Å². The number of amides is 2. The van der Waals surface area contributed by atoms with Crippen LogP contribution in [0.2, 0.25) is 0 Å². The van der Waals surface area contributed by atoms with E-state index >= 15 is 0 Å². The molecule has 6 nitrogen and oxygen atoms in total. The molecule has 2 aromatic carbocycles. The number of carbonyl (C=O) groups excluding carboxylic acids is 2. The first-order valence-corrected chi connectivity index (χ1v) is 9.39. The molecule has 28 heavy (non-hydrogen) atoms. The van der Waals surface area contributed by atoms with Gasteiger partial charge in [0.05, 0.1) is 11.3 Å². The van der Waals surface area contributed by atoms with E-state index in [9.17, 15) is 14.0 Å². The molecule has 0 aliphatic heterocycles. The Morgan fingerprint density at radius 2 is 1.71 bits per heavy atom. The van der Waals surface area contributed by atoms with Gasteiger partial charge in [-0.05, 0) is 42.8 Å². The van der Waals surface area contributed by atoms with Crippen molar-refractivity contribution in [3.05, 3.63) is 77.6 Å². The van der Waals surface area contributed by atoms with Crippen molar-refractivity contribution in [2.24, 2.45) is 0 Å². The number of hydrogen-bond acceptors (Lipinski definition) is 5. The fourth-order valence-corrected chi connectivity index (χ4v) is 2.95. The fourth-order valence-electron chi connectivity index (χ4n) is 2.33. The summed E-state index contributed by atoms with van der Waals surface area (Å²) >= 11 is 1.22. The van der Waals surface area contributed by atoms with Crippen LogP contribution in [0, 0.1) is 12.7 Å². The van der Waals surface area contributed by atoms with Crippen LogP contribution in [0.1, 0.15) is 15.9 Å². The highest BCUT2D eigenvalue weighted by molar-refractivity contribution is 7.99. The monoisotopic (exact) mass is 396 g/mol. The van der Waals surface area contributed by atoms with E-state index in [2.05, 4.69) is 20.8 Å². The van der Waals surface area contributed by atoms with Crippen LogP contribution in [0.3, 0.4) is 0 Å². The molecule has 0 saturated heterocycles. The Labute approximate surface area is 165 Å². The summed E-state index contributed by atoms with van der Waals surface area (Å²) in [5.41, 5.74) is 1.68. The Kier molecular flexibility index (Phi) is 6.33. The molecule has 0 bridgehead atoms. The number of hydrogen-bond donors (Lipinski definition) is 2. The second kappa shape index (κ2) is 9.09. The van der Waals surface area contributed by atoms with Gasteiger partial charge in [0.1, 0.15) is 10.8 Å². The van der Waals surface area contributed by atoms with E-state index in [0.29, 0.717) is 5.03 Å². The van der Waals surface area contributed by atoms with Crippen molar-refractivity contribution in [1.82, 2.24) is 10.2 Å². The molecule has 2 amide bonds. The maximum atomic E-state index is 13.6. The van der Waals surface area contributed by atoms with Gasteiger partial charge in [-0.25, -0.2) is 4.39 Å². The van der Waals surface area contributed by atoms with Crippen LogP contribution >= 0.6 is 11.8 Å². The van der Waals surface area contributed by atoms with Crippen LogP contribution in [0.25, 0.3) is 0 Å². The number of aryl methyl sites for hydroxylation is 1. The summed E-state index contributed by atoms with van der Waals surface area (Å²) in [5, 5.41) is 13.7. The van der Waals surface area contributed by atoms with Gasteiger partial charge in [0.25, 0.3) is 5.91 Å². The van der Waals surface area contributed by atoms with Crippen LogP contribution < -0.4 is 10.6 Å². The van der Waals surface area contributed by atoms with Gasteiger partial charge < -0.3 is 10.6 Å². The summed E-state index contributed by atoms with van der Waals surface area (Å²) in [6.07, 6.45) is 0. The minimum absolute atomic E-state index is 0.0735. The summed E-state index contributed by atoms with van der Waals surface area (Å²) < 4.78 is 13.6. The molecule has 0 saturated carbocycles. The van der Waals surface area contributed by atoms with E-state index in [0.717, 1.165) is 11.3 Å². The highest BCUT2D eigenvalue weighted by atomic mass is 32.2. The Balaban J connectivity index is 1.53. The van der Waals surface area contributed by atoms with Gasteiger partial charge in [-0.1, -0.05) is 42.1 Å². The van der Waals surface area contributed by atoms with Crippen molar-refractivity contribution in [1.29, 1.82) is 0 Å². The van der Waals surface area contributed by atoms with Gasteiger partial charge >= 0.3 is 0 Å². The van der Waals surface area contributed by atoms with Crippen LogP contribution in [0.4, 0.5) is 15.9 Å². The molecule has 1 heterocycles. The maximum absolute atomic E-state index is 13.6. The van der Waals surface area contributed by atoms with E-state index in [-0.39, 0.29) is 23.0 Å². The third-order valence-electron chi connectivity index (χ3n) is 3.77. The molecule has 0 aliphatic carbocycles. The van der Waals surface area contributed by atoms with Crippen molar-refractivity contribution in [2.45, 2.75) is 11.9 Å². The van der Waals surface area contributed by atoms with E-state index < -0.39 is 11.7 Å². The molecule has 0 unspecified atom stereocenters. The molecular weight excluding hydrogens is 379 g/mol. The van der Waals surface area contributed by atoms with Crippen LogP contribution in [-0.2, 0) is 4.79 Å². The second-order valence-electron chi connectivity index (χ2n) is 5.84. The first-order valence-electron chi connectivity index (χ1n) is 8.41. The average molecular weight is 396 g/mol. The zero-order valence-corrected chi connectivity index (χ0v) is 15.8. The molecule has 142 valence electrons. The number of rotatable bonds is 6. The van der Waals surface area contributed by atoms with E-state index in [1.54, 1.807) is 18.2 Å². The SMILES string of the molecule is Cc1ccccc1NC(=O)CSc1ccc(NC(=O)c2ccccc2F)nn1. The lowest BCUT2D eigenvalue weighted by Gasteiger charge is -2.08. The van der Waals surface area contributed by atoms with Crippen molar-refractivity contribution in [2.75, 3.05) is 16.4 Å². The summed E-state index contributed by atoms with van der Waals surface area (Å²) in [4.78, 5) is 24.1. The highest BCUT2D eigenvalue weighted by Crippen LogP contribution is 2.18. The summed E-state index contributed by atoms with van der Waals surface area (Å²) in [7, 11) is 0. The zero-order valence-electron chi connectivity index (χ0n) is 15.0. The second-order valence-corrected chi connectivity index (χ2v) is 6.84. The maximum Gasteiger partial charge on any atom is 0.259 e. The summed E-state index contributed by atoms with van der Waals surface area (Å²) in [6.45, 7) is 1.92. The molecule has 3 aromatic rings.